The molecule has 1 fully saturated rings. The van der Waals surface area contributed by atoms with Gasteiger partial charge in [-0.1, -0.05) is 13.8 Å². The minimum Gasteiger partial charge on any atom is -0.386 e. The number of likely N-dealkylation sites (N-methyl/N-ethyl adjacent to an activating group) is 1. The van der Waals surface area contributed by atoms with Gasteiger partial charge in [0, 0.05) is 32.4 Å². The van der Waals surface area contributed by atoms with Gasteiger partial charge in [0.25, 0.3) is 5.91 Å². The third kappa shape index (κ3) is 2.93. The van der Waals surface area contributed by atoms with Gasteiger partial charge in [-0.2, -0.15) is 0 Å². The van der Waals surface area contributed by atoms with Gasteiger partial charge in [-0.3, -0.25) is 14.7 Å². The van der Waals surface area contributed by atoms with Crippen LogP contribution in [-0.2, 0) is 0 Å². The SMILES string of the molecule is CCN(CC)C1CCN(C(=O)c2ccncc2NC)C1. The second kappa shape index (κ2) is 6.70. The molecule has 1 aliphatic heterocycles. The van der Waals surface area contributed by atoms with Crippen LogP contribution in [0, 0.1) is 0 Å². The highest BCUT2D eigenvalue weighted by Gasteiger charge is 2.30. The molecular formula is C15H24N4O. The average Bonchev–Trinajstić information content (AvgIpc) is 2.97. The number of hydrogen-bond donors (Lipinski definition) is 1. The number of carbonyl (C=O) groups excluding carboxylic acids is 1. The van der Waals surface area contributed by atoms with Crippen molar-refractivity contribution in [1.29, 1.82) is 0 Å². The number of anilines is 1. The largest absolute Gasteiger partial charge is 0.386 e. The van der Waals surface area contributed by atoms with Crippen molar-refractivity contribution < 1.29 is 4.79 Å². The Morgan fingerprint density at radius 3 is 2.90 bits per heavy atom. The molecule has 2 heterocycles. The van der Waals surface area contributed by atoms with Crippen molar-refractivity contribution in [1.82, 2.24) is 14.8 Å². The van der Waals surface area contributed by atoms with Crippen LogP contribution in [0.25, 0.3) is 0 Å². The predicted molar refractivity (Wildman–Crippen MR) is 81.0 cm³/mol. The Morgan fingerprint density at radius 1 is 1.50 bits per heavy atom. The second-order valence-electron chi connectivity index (χ2n) is 5.09. The fraction of sp³-hybridized carbons (Fsp3) is 0.600. The molecule has 110 valence electrons. The summed E-state index contributed by atoms with van der Waals surface area (Å²) in [6.45, 7) is 8.10. The van der Waals surface area contributed by atoms with Crippen molar-refractivity contribution in [3.8, 4) is 0 Å². The summed E-state index contributed by atoms with van der Waals surface area (Å²) in [5.74, 6) is 0.103. The number of aromatic nitrogens is 1. The van der Waals surface area contributed by atoms with E-state index >= 15 is 0 Å². The molecule has 0 spiro atoms. The molecule has 20 heavy (non-hydrogen) atoms. The molecule has 5 nitrogen and oxygen atoms in total. The molecule has 1 unspecified atom stereocenters. The zero-order chi connectivity index (χ0) is 14.5. The maximum absolute atomic E-state index is 12.6. The zero-order valence-electron chi connectivity index (χ0n) is 12.6. The van der Waals surface area contributed by atoms with Gasteiger partial charge >= 0.3 is 0 Å². The molecule has 1 saturated heterocycles. The van der Waals surface area contributed by atoms with E-state index in [-0.39, 0.29) is 5.91 Å². The Labute approximate surface area is 121 Å². The Hall–Kier alpha value is -1.62. The molecule has 1 aromatic heterocycles. The number of pyridine rings is 1. The Kier molecular flexibility index (Phi) is 4.95. The number of nitrogens with one attached hydrogen (secondary N) is 1. The van der Waals surface area contributed by atoms with Gasteiger partial charge < -0.3 is 10.2 Å². The lowest BCUT2D eigenvalue weighted by atomic mass is 10.2. The van der Waals surface area contributed by atoms with Crippen molar-refractivity contribution in [3.63, 3.8) is 0 Å². The normalized spacial score (nSPS) is 18.6. The second-order valence-corrected chi connectivity index (χ2v) is 5.09. The highest BCUT2D eigenvalue weighted by Crippen LogP contribution is 2.21. The quantitative estimate of drug-likeness (QED) is 0.889. The molecule has 2 rings (SSSR count). The molecular weight excluding hydrogens is 252 g/mol. The maximum atomic E-state index is 12.6. The topological polar surface area (TPSA) is 48.5 Å². The van der Waals surface area contributed by atoms with Crippen molar-refractivity contribution in [2.75, 3.05) is 38.5 Å². The van der Waals surface area contributed by atoms with Gasteiger partial charge in [0.1, 0.15) is 0 Å². The van der Waals surface area contributed by atoms with Crippen LogP contribution >= 0.6 is 0 Å². The van der Waals surface area contributed by atoms with Gasteiger partial charge in [-0.25, -0.2) is 0 Å². The van der Waals surface area contributed by atoms with Crippen molar-refractivity contribution in [2.45, 2.75) is 26.3 Å². The Morgan fingerprint density at radius 2 is 2.25 bits per heavy atom. The first kappa shape index (κ1) is 14.8. The number of nitrogens with zero attached hydrogens (tertiary/aromatic N) is 3. The van der Waals surface area contributed by atoms with Crippen LogP contribution in [0.3, 0.4) is 0 Å². The summed E-state index contributed by atoms with van der Waals surface area (Å²) in [5, 5.41) is 3.04. The van der Waals surface area contributed by atoms with E-state index in [1.165, 1.54) is 0 Å². The van der Waals surface area contributed by atoms with Crippen LogP contribution < -0.4 is 5.32 Å². The fourth-order valence-corrected chi connectivity index (χ4v) is 2.91. The minimum atomic E-state index is 0.103. The van der Waals surface area contributed by atoms with Gasteiger partial charge in [0.05, 0.1) is 17.4 Å². The summed E-state index contributed by atoms with van der Waals surface area (Å²) >= 11 is 0. The predicted octanol–water partition coefficient (Wildman–Crippen LogP) is 1.68. The number of hydrogen-bond acceptors (Lipinski definition) is 4. The molecule has 0 saturated carbocycles. The van der Waals surface area contributed by atoms with E-state index in [1.54, 1.807) is 18.5 Å². The number of likely N-dealkylation sites (tertiary alicyclic amines) is 1. The van der Waals surface area contributed by atoms with Crippen LogP contribution in [0.5, 0.6) is 0 Å². The third-order valence-corrected chi connectivity index (χ3v) is 4.10. The van der Waals surface area contributed by atoms with Gasteiger partial charge in [0.15, 0.2) is 0 Å². The summed E-state index contributed by atoms with van der Waals surface area (Å²) in [5.41, 5.74) is 1.51. The Bertz CT molecular complexity index is 459. The zero-order valence-corrected chi connectivity index (χ0v) is 12.6. The lowest BCUT2D eigenvalue weighted by Gasteiger charge is -2.26. The van der Waals surface area contributed by atoms with E-state index in [1.807, 2.05) is 11.9 Å². The monoisotopic (exact) mass is 276 g/mol. The van der Waals surface area contributed by atoms with Gasteiger partial charge in [-0.05, 0) is 25.6 Å². The van der Waals surface area contributed by atoms with E-state index < -0.39 is 0 Å². The molecule has 0 bridgehead atoms. The number of amides is 1. The summed E-state index contributed by atoms with van der Waals surface area (Å²) in [6.07, 6.45) is 4.44. The minimum absolute atomic E-state index is 0.103. The number of rotatable bonds is 5. The molecule has 1 aliphatic rings. The van der Waals surface area contributed by atoms with Crippen LogP contribution in [0.2, 0.25) is 0 Å². The first-order valence-corrected chi connectivity index (χ1v) is 7.36. The summed E-state index contributed by atoms with van der Waals surface area (Å²) in [7, 11) is 1.82. The summed E-state index contributed by atoms with van der Waals surface area (Å²) in [4.78, 5) is 21.1. The van der Waals surface area contributed by atoms with E-state index in [9.17, 15) is 4.79 Å². The molecule has 5 heteroatoms. The molecule has 1 aromatic rings. The lowest BCUT2D eigenvalue weighted by molar-refractivity contribution is 0.0779. The first-order valence-electron chi connectivity index (χ1n) is 7.36. The fourth-order valence-electron chi connectivity index (χ4n) is 2.91. The van der Waals surface area contributed by atoms with E-state index in [2.05, 4.69) is 29.0 Å². The average molecular weight is 276 g/mol. The highest BCUT2D eigenvalue weighted by atomic mass is 16.2. The molecule has 1 atom stereocenters. The molecule has 0 radical (unpaired) electrons. The van der Waals surface area contributed by atoms with Crippen LogP contribution in [-0.4, -0.2) is 60.0 Å². The van der Waals surface area contributed by atoms with E-state index in [0.29, 0.717) is 11.6 Å². The molecule has 0 aromatic carbocycles. The summed E-state index contributed by atoms with van der Waals surface area (Å²) < 4.78 is 0. The molecule has 1 amide bonds. The van der Waals surface area contributed by atoms with Crippen molar-refractivity contribution in [3.05, 3.63) is 24.0 Å². The first-order chi connectivity index (χ1) is 9.71. The smallest absolute Gasteiger partial charge is 0.256 e. The van der Waals surface area contributed by atoms with Crippen molar-refractivity contribution in [2.24, 2.45) is 0 Å². The number of carbonyl (C=O) groups is 1. The van der Waals surface area contributed by atoms with E-state index in [4.69, 9.17) is 0 Å². The van der Waals surface area contributed by atoms with Crippen LogP contribution in [0.4, 0.5) is 5.69 Å². The van der Waals surface area contributed by atoms with Crippen LogP contribution in [0.15, 0.2) is 18.5 Å². The summed E-state index contributed by atoms with van der Waals surface area (Å²) in [6, 6.07) is 2.28. The molecule has 1 N–H and O–H groups in total. The lowest BCUT2D eigenvalue weighted by Crippen LogP contribution is -2.38. The maximum Gasteiger partial charge on any atom is 0.256 e. The van der Waals surface area contributed by atoms with Crippen molar-refractivity contribution >= 4 is 11.6 Å². The Balaban J connectivity index is 2.08. The standard InChI is InChI=1S/C15H24N4O/c1-4-18(5-2)12-7-9-19(11-12)15(20)13-6-8-17-10-14(13)16-3/h6,8,10,12,16H,4-5,7,9,11H2,1-3H3. The van der Waals surface area contributed by atoms with Crippen LogP contribution in [0.1, 0.15) is 30.6 Å². The van der Waals surface area contributed by atoms with Gasteiger partial charge in [0.2, 0.25) is 0 Å². The third-order valence-electron chi connectivity index (χ3n) is 4.10. The highest BCUT2D eigenvalue weighted by molar-refractivity contribution is 5.99. The van der Waals surface area contributed by atoms with E-state index in [0.717, 1.165) is 38.3 Å². The van der Waals surface area contributed by atoms with Gasteiger partial charge in [-0.15, -0.1) is 0 Å². The molecule has 0 aliphatic carbocycles.